The van der Waals surface area contributed by atoms with E-state index in [0.717, 1.165) is 0 Å². The molecule has 0 radical (unpaired) electrons. The van der Waals surface area contributed by atoms with Gasteiger partial charge in [0.15, 0.2) is 18.1 Å². The summed E-state index contributed by atoms with van der Waals surface area (Å²) in [6.45, 7) is -0.499. The smallest absolute Gasteiger partial charge is 0.338 e. The Hall–Kier alpha value is -2.81. The number of carbonyl (C=O) groups is 2. The van der Waals surface area contributed by atoms with Crippen molar-refractivity contribution >= 4 is 29.3 Å². The zero-order chi connectivity index (χ0) is 19.8. The minimum atomic E-state index is -2.51. The third-order valence-electron chi connectivity index (χ3n) is 3.32. The van der Waals surface area contributed by atoms with Gasteiger partial charge >= 0.3 is 5.97 Å². The van der Waals surface area contributed by atoms with E-state index in [9.17, 15) is 18.4 Å². The first-order valence-electron chi connectivity index (χ1n) is 7.67. The van der Waals surface area contributed by atoms with Crippen LogP contribution in [-0.4, -0.2) is 38.5 Å². The highest BCUT2D eigenvalue weighted by atomic mass is 32.2. The van der Waals surface area contributed by atoms with Crippen LogP contribution in [0.1, 0.15) is 10.4 Å². The van der Waals surface area contributed by atoms with E-state index >= 15 is 0 Å². The quantitative estimate of drug-likeness (QED) is 0.539. The van der Waals surface area contributed by atoms with Crippen molar-refractivity contribution in [2.45, 2.75) is 10.7 Å². The predicted molar refractivity (Wildman–Crippen MR) is 96.8 cm³/mol. The highest BCUT2D eigenvalue weighted by Crippen LogP contribution is 2.28. The number of alkyl halides is 2. The number of hydrogen-bond acceptors (Lipinski definition) is 6. The average molecular weight is 397 g/mol. The van der Waals surface area contributed by atoms with Crippen LogP contribution in [0.2, 0.25) is 0 Å². The lowest BCUT2D eigenvalue weighted by Gasteiger charge is -2.10. The summed E-state index contributed by atoms with van der Waals surface area (Å²) >= 11 is 0.409. The van der Waals surface area contributed by atoms with E-state index in [-0.39, 0.29) is 5.56 Å². The molecule has 0 atom stereocenters. The molecule has 0 fully saturated rings. The van der Waals surface area contributed by atoms with Crippen molar-refractivity contribution < 1.29 is 32.6 Å². The zero-order valence-electron chi connectivity index (χ0n) is 14.5. The Bertz CT molecular complexity index is 799. The maximum atomic E-state index is 12.3. The number of halogens is 2. The van der Waals surface area contributed by atoms with Crippen LogP contribution in [0.4, 0.5) is 14.5 Å². The second-order valence-electron chi connectivity index (χ2n) is 5.10. The Labute approximate surface area is 158 Å². The van der Waals surface area contributed by atoms with Crippen LogP contribution in [0, 0.1) is 0 Å². The van der Waals surface area contributed by atoms with Crippen molar-refractivity contribution in [2.75, 3.05) is 26.1 Å². The Balaban J connectivity index is 1.88. The summed E-state index contributed by atoms with van der Waals surface area (Å²) in [4.78, 5) is 24.3. The number of benzene rings is 2. The standard InChI is InChI=1S/C18H17F2NO5S/c1-24-14-8-3-11(9-15(14)25-2)17(23)26-10-16(22)21-12-4-6-13(7-5-12)27-18(19)20/h3-9,18H,10H2,1-2H3,(H,21,22). The van der Waals surface area contributed by atoms with Gasteiger partial charge in [-0.2, -0.15) is 8.78 Å². The molecule has 1 amide bonds. The minimum absolute atomic E-state index is 0.203. The maximum Gasteiger partial charge on any atom is 0.338 e. The maximum absolute atomic E-state index is 12.3. The number of carbonyl (C=O) groups excluding carboxylic acids is 2. The van der Waals surface area contributed by atoms with Gasteiger partial charge in [-0.15, -0.1) is 0 Å². The van der Waals surface area contributed by atoms with Crippen molar-refractivity contribution in [3.8, 4) is 11.5 Å². The molecule has 2 aromatic carbocycles. The third kappa shape index (κ3) is 6.14. The SMILES string of the molecule is COc1ccc(C(=O)OCC(=O)Nc2ccc(SC(F)F)cc2)cc1OC. The van der Waals surface area contributed by atoms with Crippen molar-refractivity contribution in [1.82, 2.24) is 0 Å². The first-order chi connectivity index (χ1) is 12.9. The molecule has 6 nitrogen and oxygen atoms in total. The van der Waals surface area contributed by atoms with Crippen LogP contribution in [0.25, 0.3) is 0 Å². The van der Waals surface area contributed by atoms with Crippen LogP contribution < -0.4 is 14.8 Å². The summed E-state index contributed by atoms with van der Waals surface area (Å²) in [7, 11) is 2.91. The van der Waals surface area contributed by atoms with Gasteiger partial charge in [0.05, 0.1) is 19.8 Å². The zero-order valence-corrected chi connectivity index (χ0v) is 15.3. The molecule has 144 valence electrons. The highest BCUT2D eigenvalue weighted by molar-refractivity contribution is 7.99. The third-order valence-corrected chi connectivity index (χ3v) is 4.04. The first-order valence-corrected chi connectivity index (χ1v) is 8.54. The number of rotatable bonds is 8. The van der Waals surface area contributed by atoms with Gasteiger partial charge in [0, 0.05) is 10.6 Å². The number of methoxy groups -OCH3 is 2. The summed E-state index contributed by atoms with van der Waals surface area (Å²) in [5.41, 5.74) is 0.606. The predicted octanol–water partition coefficient (Wildman–Crippen LogP) is 3.81. The summed E-state index contributed by atoms with van der Waals surface area (Å²) in [5, 5.41) is 2.51. The lowest BCUT2D eigenvalue weighted by molar-refractivity contribution is -0.119. The fourth-order valence-corrected chi connectivity index (χ4v) is 2.59. The van der Waals surface area contributed by atoms with E-state index in [1.165, 1.54) is 50.6 Å². The average Bonchev–Trinajstić information content (AvgIpc) is 2.66. The molecule has 2 rings (SSSR count). The topological polar surface area (TPSA) is 73.9 Å². The fraction of sp³-hybridized carbons (Fsp3) is 0.222. The molecule has 9 heteroatoms. The van der Waals surface area contributed by atoms with Gasteiger partial charge in [0.1, 0.15) is 0 Å². The van der Waals surface area contributed by atoms with Crippen LogP contribution >= 0.6 is 11.8 Å². The Morgan fingerprint density at radius 3 is 2.30 bits per heavy atom. The Morgan fingerprint density at radius 1 is 1.04 bits per heavy atom. The van der Waals surface area contributed by atoms with E-state index in [0.29, 0.717) is 33.8 Å². The molecule has 0 bridgehead atoms. The number of esters is 1. The normalized spacial score (nSPS) is 10.4. The fourth-order valence-electron chi connectivity index (χ4n) is 2.09. The van der Waals surface area contributed by atoms with Crippen molar-refractivity contribution in [3.05, 3.63) is 48.0 Å². The van der Waals surface area contributed by atoms with E-state index in [4.69, 9.17) is 14.2 Å². The number of hydrogen-bond donors (Lipinski definition) is 1. The van der Waals surface area contributed by atoms with E-state index in [1.54, 1.807) is 6.07 Å². The van der Waals surface area contributed by atoms with Gasteiger partial charge in [0.2, 0.25) is 0 Å². The number of anilines is 1. The van der Waals surface area contributed by atoms with Crippen molar-refractivity contribution in [1.29, 1.82) is 0 Å². The minimum Gasteiger partial charge on any atom is -0.493 e. The monoisotopic (exact) mass is 397 g/mol. The lowest BCUT2D eigenvalue weighted by Crippen LogP contribution is -2.20. The van der Waals surface area contributed by atoms with Crippen molar-refractivity contribution in [2.24, 2.45) is 0 Å². The van der Waals surface area contributed by atoms with E-state index in [2.05, 4.69) is 5.32 Å². The molecule has 0 heterocycles. The first kappa shape index (κ1) is 20.5. The summed E-state index contributed by atoms with van der Waals surface area (Å²) in [6.07, 6.45) is 0. The Kier molecular flexibility index (Phi) is 7.42. The van der Waals surface area contributed by atoms with Gasteiger partial charge < -0.3 is 19.5 Å². The van der Waals surface area contributed by atoms with Gasteiger partial charge in [-0.05, 0) is 42.5 Å². The molecule has 27 heavy (non-hydrogen) atoms. The number of amides is 1. The summed E-state index contributed by atoms with van der Waals surface area (Å²) in [5.74, 6) is -2.95. The van der Waals surface area contributed by atoms with Crippen molar-refractivity contribution in [3.63, 3.8) is 0 Å². The van der Waals surface area contributed by atoms with E-state index in [1.807, 2.05) is 0 Å². The molecule has 0 spiro atoms. The van der Waals surface area contributed by atoms with E-state index < -0.39 is 24.2 Å². The molecule has 2 aromatic rings. The van der Waals surface area contributed by atoms with Crippen LogP contribution in [0.15, 0.2) is 47.4 Å². The van der Waals surface area contributed by atoms with Crippen LogP contribution in [0.5, 0.6) is 11.5 Å². The molecular weight excluding hydrogens is 380 g/mol. The summed E-state index contributed by atoms with van der Waals surface area (Å²) < 4.78 is 39.7. The molecule has 0 aliphatic heterocycles. The van der Waals surface area contributed by atoms with Gasteiger partial charge in [0.25, 0.3) is 11.7 Å². The van der Waals surface area contributed by atoms with Crippen LogP contribution in [-0.2, 0) is 9.53 Å². The molecule has 0 aliphatic rings. The molecule has 0 saturated carbocycles. The number of nitrogens with one attached hydrogen (secondary N) is 1. The highest BCUT2D eigenvalue weighted by Gasteiger charge is 2.14. The van der Waals surface area contributed by atoms with Gasteiger partial charge in [-0.3, -0.25) is 4.79 Å². The molecule has 0 unspecified atom stereocenters. The number of thioether (sulfide) groups is 1. The molecule has 0 aliphatic carbocycles. The second-order valence-corrected chi connectivity index (χ2v) is 6.16. The largest absolute Gasteiger partial charge is 0.493 e. The van der Waals surface area contributed by atoms with Gasteiger partial charge in [-0.1, -0.05) is 11.8 Å². The Morgan fingerprint density at radius 2 is 1.70 bits per heavy atom. The van der Waals surface area contributed by atoms with Gasteiger partial charge in [-0.25, -0.2) is 4.79 Å². The number of ether oxygens (including phenoxy) is 3. The molecular formula is C18H17F2NO5S. The molecule has 0 aromatic heterocycles. The second kappa shape index (κ2) is 9.77. The lowest BCUT2D eigenvalue weighted by atomic mass is 10.2. The summed E-state index contributed by atoms with van der Waals surface area (Å²) in [6, 6.07) is 10.4. The molecule has 0 saturated heterocycles. The molecule has 1 N–H and O–H groups in total. The van der Waals surface area contributed by atoms with Crippen LogP contribution in [0.3, 0.4) is 0 Å².